The monoisotopic (exact) mass is 132 g/mol. The summed E-state index contributed by atoms with van der Waals surface area (Å²) >= 11 is 0. The number of aliphatic hydroxyl groups excluding tert-OH is 2. The topological polar surface area (TPSA) is 60.7 Å². The van der Waals surface area contributed by atoms with E-state index < -0.39 is 17.8 Å². The number of rotatable bonds is 0. The Hall–Kier alpha value is -0.120. The van der Waals surface area contributed by atoms with Crippen LogP contribution in [0.1, 0.15) is 19.8 Å². The van der Waals surface area contributed by atoms with Gasteiger partial charge in [0.05, 0.1) is 11.7 Å². The molecule has 3 nitrogen and oxygen atoms in total. The molecule has 1 saturated carbocycles. The van der Waals surface area contributed by atoms with E-state index in [0.29, 0.717) is 12.8 Å². The first kappa shape index (κ1) is 6.99. The summed E-state index contributed by atoms with van der Waals surface area (Å²) in [6, 6.07) is 0. The smallest absolute Gasteiger partial charge is 0.108 e. The molecule has 1 fully saturated rings. The van der Waals surface area contributed by atoms with Crippen LogP contribution in [0.5, 0.6) is 0 Å². The van der Waals surface area contributed by atoms with Crippen LogP contribution >= 0.6 is 0 Å². The summed E-state index contributed by atoms with van der Waals surface area (Å²) < 4.78 is 0. The molecule has 0 aliphatic heterocycles. The van der Waals surface area contributed by atoms with Crippen LogP contribution in [0.2, 0.25) is 0 Å². The van der Waals surface area contributed by atoms with Crippen LogP contribution < -0.4 is 0 Å². The summed E-state index contributed by atoms with van der Waals surface area (Å²) in [5.41, 5.74) is -1.07. The average Bonchev–Trinajstić information content (AvgIpc) is 1.97. The highest BCUT2D eigenvalue weighted by molar-refractivity contribution is 4.94. The van der Waals surface area contributed by atoms with E-state index in [1.54, 1.807) is 0 Å². The second-order valence-electron chi connectivity index (χ2n) is 2.91. The molecule has 3 heteroatoms. The molecule has 0 aromatic heterocycles. The van der Waals surface area contributed by atoms with Crippen LogP contribution in [0, 0.1) is 0 Å². The third-order valence-corrected chi connectivity index (χ3v) is 1.95. The maximum Gasteiger partial charge on any atom is 0.108 e. The van der Waals surface area contributed by atoms with Crippen molar-refractivity contribution < 1.29 is 15.3 Å². The molecule has 0 spiro atoms. The number of aliphatic hydroxyl groups is 3. The van der Waals surface area contributed by atoms with E-state index in [4.69, 9.17) is 10.2 Å². The van der Waals surface area contributed by atoms with Crippen LogP contribution in [0.15, 0.2) is 0 Å². The van der Waals surface area contributed by atoms with Gasteiger partial charge in [0.2, 0.25) is 0 Å². The largest absolute Gasteiger partial charge is 0.390 e. The molecule has 0 aromatic rings. The summed E-state index contributed by atoms with van der Waals surface area (Å²) in [6.07, 6.45) is -0.721. The van der Waals surface area contributed by atoms with Gasteiger partial charge in [0.15, 0.2) is 0 Å². The molecule has 0 saturated heterocycles. The second-order valence-corrected chi connectivity index (χ2v) is 2.91. The predicted molar refractivity (Wildman–Crippen MR) is 31.9 cm³/mol. The minimum absolute atomic E-state index is 0.481. The molecular weight excluding hydrogens is 120 g/mol. The van der Waals surface area contributed by atoms with Gasteiger partial charge in [-0.2, -0.15) is 0 Å². The lowest BCUT2D eigenvalue weighted by atomic mass is 10.0. The first-order valence-corrected chi connectivity index (χ1v) is 3.12. The van der Waals surface area contributed by atoms with E-state index >= 15 is 0 Å². The van der Waals surface area contributed by atoms with E-state index in [1.165, 1.54) is 6.92 Å². The van der Waals surface area contributed by atoms with Crippen LogP contribution in [0.4, 0.5) is 0 Å². The van der Waals surface area contributed by atoms with Gasteiger partial charge in [0, 0.05) is 0 Å². The van der Waals surface area contributed by atoms with Gasteiger partial charge in [-0.3, -0.25) is 0 Å². The zero-order valence-electron chi connectivity index (χ0n) is 5.41. The number of hydrogen-bond donors (Lipinski definition) is 3. The minimum Gasteiger partial charge on any atom is -0.390 e. The molecule has 0 amide bonds. The van der Waals surface area contributed by atoms with Crippen molar-refractivity contribution in [2.45, 2.75) is 37.6 Å². The molecule has 1 aliphatic carbocycles. The van der Waals surface area contributed by atoms with Crippen molar-refractivity contribution in [3.05, 3.63) is 0 Å². The highest BCUT2D eigenvalue weighted by atomic mass is 16.4. The fraction of sp³-hybridized carbons (Fsp3) is 1.00. The molecule has 3 N–H and O–H groups in total. The average molecular weight is 132 g/mol. The Morgan fingerprint density at radius 2 is 2.00 bits per heavy atom. The Morgan fingerprint density at radius 1 is 1.44 bits per heavy atom. The number of hydrogen-bond acceptors (Lipinski definition) is 3. The first-order valence-electron chi connectivity index (χ1n) is 3.12. The Bertz CT molecular complexity index is 111. The summed E-state index contributed by atoms with van der Waals surface area (Å²) in [7, 11) is 0. The molecule has 1 aliphatic rings. The fourth-order valence-electron chi connectivity index (χ4n) is 1.16. The molecule has 54 valence electrons. The summed E-state index contributed by atoms with van der Waals surface area (Å²) in [5.74, 6) is 0. The summed E-state index contributed by atoms with van der Waals surface area (Å²) in [4.78, 5) is 0. The Balaban J connectivity index is 2.62. The lowest BCUT2D eigenvalue weighted by molar-refractivity contribution is -0.0752. The van der Waals surface area contributed by atoms with Crippen LogP contribution in [0.3, 0.4) is 0 Å². The van der Waals surface area contributed by atoms with E-state index in [2.05, 4.69) is 0 Å². The van der Waals surface area contributed by atoms with E-state index in [-0.39, 0.29) is 0 Å². The standard InChI is InChI=1S/C6H12O3/c1-6(9)3-2-4(7)5(6)8/h4-5,7-9H,2-3H2,1H3/t4-,5-,6-/m1/s1. The molecule has 0 radical (unpaired) electrons. The maximum absolute atomic E-state index is 9.22. The third kappa shape index (κ3) is 1.08. The zero-order valence-corrected chi connectivity index (χ0v) is 5.41. The van der Waals surface area contributed by atoms with Crippen LogP contribution in [-0.2, 0) is 0 Å². The Kier molecular flexibility index (Phi) is 1.50. The first-order chi connectivity index (χ1) is 4.04. The maximum atomic E-state index is 9.22. The van der Waals surface area contributed by atoms with Crippen molar-refractivity contribution in [3.63, 3.8) is 0 Å². The van der Waals surface area contributed by atoms with Gasteiger partial charge in [0.1, 0.15) is 6.10 Å². The van der Waals surface area contributed by atoms with Crippen molar-refractivity contribution in [3.8, 4) is 0 Å². The van der Waals surface area contributed by atoms with Crippen molar-refractivity contribution in [2.24, 2.45) is 0 Å². The minimum atomic E-state index is -1.07. The van der Waals surface area contributed by atoms with Crippen molar-refractivity contribution in [2.75, 3.05) is 0 Å². The lowest BCUT2D eigenvalue weighted by Crippen LogP contribution is -2.38. The van der Waals surface area contributed by atoms with Gasteiger partial charge in [-0.25, -0.2) is 0 Å². The van der Waals surface area contributed by atoms with Gasteiger partial charge in [-0.05, 0) is 19.8 Å². The SMILES string of the molecule is C[C@@]1(O)CC[C@@H](O)[C@H]1O. The lowest BCUT2D eigenvalue weighted by Gasteiger charge is -2.21. The Labute approximate surface area is 53.9 Å². The molecule has 0 unspecified atom stereocenters. The fourth-order valence-corrected chi connectivity index (χ4v) is 1.16. The molecular formula is C6H12O3. The van der Waals surface area contributed by atoms with Crippen molar-refractivity contribution in [1.29, 1.82) is 0 Å². The predicted octanol–water partition coefficient (Wildman–Crippen LogP) is -0.747. The second kappa shape index (κ2) is 1.94. The molecule has 0 heterocycles. The van der Waals surface area contributed by atoms with Crippen molar-refractivity contribution >= 4 is 0 Å². The van der Waals surface area contributed by atoms with Crippen LogP contribution in [0.25, 0.3) is 0 Å². The highest BCUT2D eigenvalue weighted by Crippen LogP contribution is 2.29. The molecule has 0 aromatic carbocycles. The quantitative estimate of drug-likeness (QED) is 0.406. The van der Waals surface area contributed by atoms with Gasteiger partial charge < -0.3 is 15.3 Å². The van der Waals surface area contributed by atoms with E-state index in [0.717, 1.165) is 0 Å². The zero-order chi connectivity index (χ0) is 7.07. The van der Waals surface area contributed by atoms with Gasteiger partial charge in [-0.15, -0.1) is 0 Å². The van der Waals surface area contributed by atoms with Gasteiger partial charge >= 0.3 is 0 Å². The van der Waals surface area contributed by atoms with Crippen molar-refractivity contribution in [1.82, 2.24) is 0 Å². The summed E-state index contributed by atoms with van der Waals surface area (Å²) in [6.45, 7) is 1.54. The third-order valence-electron chi connectivity index (χ3n) is 1.95. The molecule has 0 bridgehead atoms. The Morgan fingerprint density at radius 3 is 2.11 bits per heavy atom. The van der Waals surface area contributed by atoms with E-state index in [1.807, 2.05) is 0 Å². The van der Waals surface area contributed by atoms with Gasteiger partial charge in [-0.1, -0.05) is 0 Å². The molecule has 3 atom stereocenters. The van der Waals surface area contributed by atoms with E-state index in [9.17, 15) is 5.11 Å². The summed E-state index contributed by atoms with van der Waals surface area (Å²) in [5, 5.41) is 27.2. The molecule has 9 heavy (non-hydrogen) atoms. The van der Waals surface area contributed by atoms with Gasteiger partial charge in [0.25, 0.3) is 0 Å². The van der Waals surface area contributed by atoms with Crippen LogP contribution in [-0.4, -0.2) is 33.1 Å². The normalized spacial score (nSPS) is 52.0. The highest BCUT2D eigenvalue weighted by Gasteiger charge is 2.41. The molecule has 1 rings (SSSR count).